The van der Waals surface area contributed by atoms with Crippen LogP contribution in [0.1, 0.15) is 11.8 Å². The topological polar surface area (TPSA) is 239 Å². The van der Waals surface area contributed by atoms with Crippen molar-refractivity contribution in [1.82, 2.24) is 9.55 Å². The van der Waals surface area contributed by atoms with Crippen LogP contribution in [-0.4, -0.2) is 75.5 Å². The molecular weight excluding hydrogens is 529 g/mol. The number of hydrogen-bond acceptors (Lipinski definition) is 13. The van der Waals surface area contributed by atoms with E-state index in [0.717, 1.165) is 17.9 Å². The van der Waals surface area contributed by atoms with Crippen LogP contribution in [0.3, 0.4) is 0 Å². The van der Waals surface area contributed by atoms with Crippen molar-refractivity contribution in [2.75, 3.05) is 26.7 Å². The lowest BCUT2D eigenvalue weighted by Crippen LogP contribution is -2.40. The molecule has 2 aliphatic rings. The molecule has 192 valence electrons. The third-order valence-electron chi connectivity index (χ3n) is 4.71. The van der Waals surface area contributed by atoms with Crippen molar-refractivity contribution in [1.29, 1.82) is 0 Å². The van der Waals surface area contributed by atoms with E-state index in [0.29, 0.717) is 0 Å². The third-order valence-corrected chi connectivity index (χ3v) is 11.7. The van der Waals surface area contributed by atoms with Crippen LogP contribution in [0.5, 0.6) is 0 Å². The first-order chi connectivity index (χ1) is 15.7. The van der Waals surface area contributed by atoms with Crippen LogP contribution in [-0.2, 0) is 52.3 Å². The summed E-state index contributed by atoms with van der Waals surface area (Å²) < 4.78 is 65.2. The summed E-state index contributed by atoms with van der Waals surface area (Å²) in [6.07, 6.45) is -5.00. The lowest BCUT2D eigenvalue weighted by Gasteiger charge is -2.28. The molecule has 3 heterocycles. The van der Waals surface area contributed by atoms with Gasteiger partial charge in [-0.3, -0.25) is 28.3 Å². The molecule has 0 aliphatic carbocycles. The average Bonchev–Trinajstić information content (AvgIpc) is 3.00. The Morgan fingerprint density at radius 2 is 1.91 bits per heavy atom. The summed E-state index contributed by atoms with van der Waals surface area (Å²) >= 11 is 0. The van der Waals surface area contributed by atoms with Gasteiger partial charge in [-0.25, -0.2) is 18.0 Å². The normalized spacial score (nSPS) is 38.0. The molecule has 2 fully saturated rings. The summed E-state index contributed by atoms with van der Waals surface area (Å²) in [5.41, 5.74) is -1.98. The van der Waals surface area contributed by atoms with Gasteiger partial charge in [0.15, 0.2) is 12.1 Å². The number of aliphatic hydroxyl groups excluding tert-OH is 1. The number of hydrogen-bond donors (Lipinski definition) is 4. The van der Waals surface area contributed by atoms with Gasteiger partial charge in [-0.2, -0.15) is 0 Å². The Balaban J connectivity index is 1.83. The monoisotopic (exact) mass is 550 g/mol. The van der Waals surface area contributed by atoms with Crippen molar-refractivity contribution in [2.24, 2.45) is 0 Å². The van der Waals surface area contributed by atoms with Gasteiger partial charge in [0.25, 0.3) is 5.56 Å². The van der Waals surface area contributed by atoms with Crippen molar-refractivity contribution < 1.29 is 60.7 Å². The lowest BCUT2D eigenvalue weighted by molar-refractivity contribution is -0.139. The number of nitrogens with one attached hydrogen (secondary N) is 1. The second-order valence-electron chi connectivity index (χ2n) is 7.15. The quantitative estimate of drug-likeness (QED) is 0.236. The van der Waals surface area contributed by atoms with E-state index in [2.05, 4.69) is 13.4 Å². The fourth-order valence-corrected chi connectivity index (χ4v) is 10.2. The van der Waals surface area contributed by atoms with E-state index in [1.54, 1.807) is 0 Å². The zero-order valence-corrected chi connectivity index (χ0v) is 20.2. The van der Waals surface area contributed by atoms with Crippen molar-refractivity contribution in [3.05, 3.63) is 32.6 Å². The Morgan fingerprint density at radius 1 is 1.24 bits per heavy atom. The maximum absolute atomic E-state index is 12.6. The van der Waals surface area contributed by atoms with Crippen LogP contribution < -0.4 is 11.2 Å². The number of aromatic amines is 1. The number of ether oxygens (including phenoxy) is 3. The molecule has 34 heavy (non-hydrogen) atoms. The molecule has 17 nitrogen and oxygen atoms in total. The maximum Gasteiger partial charge on any atom is 0.486 e. The van der Waals surface area contributed by atoms with Gasteiger partial charge in [-0.1, -0.05) is 0 Å². The summed E-state index contributed by atoms with van der Waals surface area (Å²) in [6, 6.07) is 0. The van der Waals surface area contributed by atoms with Gasteiger partial charge in [0, 0.05) is 18.9 Å². The minimum absolute atomic E-state index is 0.156. The molecule has 7 atom stereocenters. The first-order valence-corrected chi connectivity index (χ1v) is 14.3. The average molecular weight is 550 g/mol. The lowest BCUT2D eigenvalue weighted by atomic mass is 10.1. The van der Waals surface area contributed by atoms with Crippen molar-refractivity contribution in [2.45, 2.75) is 31.0 Å². The summed E-state index contributed by atoms with van der Waals surface area (Å²) in [5, 5.41) is 10.5. The zero-order valence-electron chi connectivity index (χ0n) is 17.5. The molecule has 2 saturated heterocycles. The minimum Gasteiger partial charge on any atom is -0.469 e. The fraction of sp³-hybridized carbons (Fsp3) is 0.643. The van der Waals surface area contributed by atoms with Crippen LogP contribution in [0.2, 0.25) is 0 Å². The van der Waals surface area contributed by atoms with Crippen LogP contribution >= 0.6 is 23.0 Å². The number of rotatable bonds is 7. The predicted octanol–water partition coefficient (Wildman–Crippen LogP) is -0.975. The molecule has 0 amide bonds. The first-order valence-electron chi connectivity index (χ1n) is 9.27. The van der Waals surface area contributed by atoms with E-state index in [1.165, 1.54) is 7.11 Å². The van der Waals surface area contributed by atoms with Crippen molar-refractivity contribution >= 4 is 29.0 Å². The van der Waals surface area contributed by atoms with Gasteiger partial charge >= 0.3 is 34.7 Å². The van der Waals surface area contributed by atoms with Gasteiger partial charge < -0.3 is 33.6 Å². The molecule has 0 bridgehead atoms. The van der Waals surface area contributed by atoms with Gasteiger partial charge in [-0.05, 0) is 0 Å². The molecule has 2 aliphatic heterocycles. The maximum atomic E-state index is 12.6. The van der Waals surface area contributed by atoms with E-state index in [-0.39, 0.29) is 5.56 Å². The minimum atomic E-state index is -5.16. The largest absolute Gasteiger partial charge is 0.486 e. The number of H-pyrrole nitrogens is 1. The molecule has 4 unspecified atom stereocenters. The van der Waals surface area contributed by atoms with Gasteiger partial charge in [0.05, 0.1) is 20.1 Å². The summed E-state index contributed by atoms with van der Waals surface area (Å²) in [4.78, 5) is 56.7. The highest BCUT2D eigenvalue weighted by Crippen LogP contribution is 2.78. The van der Waals surface area contributed by atoms with E-state index in [9.17, 15) is 43.0 Å². The smallest absolute Gasteiger partial charge is 0.469 e. The molecule has 1 aromatic heterocycles. The highest BCUT2D eigenvalue weighted by molar-refractivity contribution is 7.81. The summed E-state index contributed by atoms with van der Waals surface area (Å²) in [5.74, 6) is -2.00. The van der Waals surface area contributed by atoms with Gasteiger partial charge in [0.2, 0.25) is 0 Å². The van der Waals surface area contributed by atoms with Crippen LogP contribution in [0.15, 0.2) is 15.8 Å². The fourth-order valence-electron chi connectivity index (χ4n) is 3.26. The van der Waals surface area contributed by atoms with Crippen LogP contribution in [0.4, 0.5) is 0 Å². The molecular formula is C14H21N2O15P3. The van der Waals surface area contributed by atoms with Gasteiger partial charge in [-0.15, -0.1) is 0 Å². The molecule has 3 rings (SSSR count). The number of carbonyl (C=O) groups excluding carboxylic acids is 1. The number of aliphatic hydroxyl groups is 1. The number of methoxy groups -OCH3 is 2. The Morgan fingerprint density at radius 3 is 2.50 bits per heavy atom. The molecule has 4 N–H and O–H groups in total. The second-order valence-corrected chi connectivity index (χ2v) is 13.3. The summed E-state index contributed by atoms with van der Waals surface area (Å²) in [7, 11) is -12.3. The van der Waals surface area contributed by atoms with Crippen LogP contribution in [0.25, 0.3) is 0 Å². The highest BCUT2D eigenvalue weighted by Gasteiger charge is 2.53. The standard InChI is InChI=1S/C14H21N2O15P3/c1-26-9(17)3-7-4-16(14(20)15-12(7)19)13-11(27-2)10(18)8(29-13)5-28-33(23)6-32(21,22)30-34(24,25)31-33/h4,8,10-11,13,18H,3,5-6H2,1-2H3,(H,21,22)(H,24,25)(H,15,19,20)/t8-,10?,11+,13-,33?/m1/s1. The number of esters is 1. The highest BCUT2D eigenvalue weighted by atomic mass is 31.3. The molecule has 0 saturated carbocycles. The van der Waals surface area contributed by atoms with Crippen LogP contribution in [0, 0.1) is 0 Å². The number of carbonyl (C=O) groups is 1. The zero-order chi connectivity index (χ0) is 25.5. The van der Waals surface area contributed by atoms with E-state index < -0.39 is 83.7 Å². The van der Waals surface area contributed by atoms with Crippen molar-refractivity contribution in [3.63, 3.8) is 0 Å². The number of nitrogens with zero attached hydrogens (tertiary/aromatic N) is 1. The SMILES string of the molecule is COC(=O)Cc1cn([C@@H]2O[C@H](COP3(=O)CP(=O)(O)OP(=O)(O)O3)C(O)[C@@H]2OC)c(=O)[nH]c1=O. The Labute approximate surface area is 190 Å². The number of phosphoric acid groups is 1. The molecule has 0 aromatic carbocycles. The molecule has 20 heteroatoms. The van der Waals surface area contributed by atoms with Gasteiger partial charge in [0.1, 0.15) is 18.3 Å². The predicted molar refractivity (Wildman–Crippen MR) is 108 cm³/mol. The summed E-state index contributed by atoms with van der Waals surface area (Å²) in [6.45, 7) is -0.790. The molecule has 0 spiro atoms. The Hall–Kier alpha value is -1.48. The second kappa shape index (κ2) is 9.88. The Kier molecular flexibility index (Phi) is 7.88. The number of aromatic nitrogens is 2. The van der Waals surface area contributed by atoms with E-state index in [1.807, 2.05) is 4.98 Å². The Bertz CT molecular complexity index is 1180. The molecule has 1 aromatic rings. The van der Waals surface area contributed by atoms with E-state index in [4.69, 9.17) is 14.0 Å². The third kappa shape index (κ3) is 6.01. The van der Waals surface area contributed by atoms with E-state index >= 15 is 0 Å². The first kappa shape index (κ1) is 27.1. The van der Waals surface area contributed by atoms with Crippen molar-refractivity contribution in [3.8, 4) is 0 Å². The molecule has 0 radical (unpaired) electrons.